The summed E-state index contributed by atoms with van der Waals surface area (Å²) in [5.41, 5.74) is 1.27. The number of likely N-dealkylation sites (tertiary alicyclic amines) is 1. The largest absolute Gasteiger partial charge is 0.355 e. The zero-order chi connectivity index (χ0) is 14.9. The van der Waals surface area contributed by atoms with Crippen molar-refractivity contribution in [2.75, 3.05) is 33.2 Å². The summed E-state index contributed by atoms with van der Waals surface area (Å²) in [5.74, 6) is 1.72. The molecule has 0 amide bonds. The second kappa shape index (κ2) is 8.67. The van der Waals surface area contributed by atoms with E-state index in [0.717, 1.165) is 31.5 Å². The number of hydrogen-bond acceptors (Lipinski definition) is 2. The molecule has 1 atom stereocenters. The van der Waals surface area contributed by atoms with Crippen LogP contribution in [0.2, 0.25) is 0 Å². The van der Waals surface area contributed by atoms with Crippen LogP contribution in [-0.2, 0) is 6.54 Å². The van der Waals surface area contributed by atoms with Crippen molar-refractivity contribution in [2.24, 2.45) is 10.9 Å². The third kappa shape index (κ3) is 5.76. The fraction of sp³-hybridized carbons (Fsp3) is 0.588. The molecule has 0 saturated carbocycles. The second-order valence-electron chi connectivity index (χ2n) is 5.89. The molecule has 2 N–H and O–H groups in total. The van der Waals surface area contributed by atoms with Crippen LogP contribution in [0.15, 0.2) is 35.3 Å². The monoisotopic (exact) mass is 288 g/mol. The first kappa shape index (κ1) is 15.8. The van der Waals surface area contributed by atoms with Crippen molar-refractivity contribution >= 4 is 5.96 Å². The zero-order valence-corrected chi connectivity index (χ0v) is 13.3. The van der Waals surface area contributed by atoms with Crippen molar-refractivity contribution in [3.8, 4) is 0 Å². The van der Waals surface area contributed by atoms with Gasteiger partial charge in [0, 0.05) is 33.2 Å². The Balaban J connectivity index is 1.66. The summed E-state index contributed by atoms with van der Waals surface area (Å²) >= 11 is 0. The van der Waals surface area contributed by atoms with Crippen LogP contribution in [0.25, 0.3) is 0 Å². The SMILES string of the molecule is CN=C(NCCN1CCCC(C)C1)NCc1ccccc1. The lowest BCUT2D eigenvalue weighted by Gasteiger charge is -2.30. The Morgan fingerprint density at radius 3 is 2.81 bits per heavy atom. The highest BCUT2D eigenvalue weighted by Gasteiger charge is 2.15. The highest BCUT2D eigenvalue weighted by atomic mass is 15.2. The van der Waals surface area contributed by atoms with Gasteiger partial charge in [-0.15, -0.1) is 0 Å². The van der Waals surface area contributed by atoms with E-state index in [-0.39, 0.29) is 0 Å². The van der Waals surface area contributed by atoms with Gasteiger partial charge in [-0.2, -0.15) is 0 Å². The van der Waals surface area contributed by atoms with Crippen LogP contribution in [0.5, 0.6) is 0 Å². The van der Waals surface area contributed by atoms with Crippen LogP contribution < -0.4 is 10.6 Å². The summed E-state index contributed by atoms with van der Waals surface area (Å²) in [7, 11) is 1.82. The first-order valence-electron chi connectivity index (χ1n) is 7.98. The molecule has 1 aliphatic heterocycles. The number of guanidine groups is 1. The first-order chi connectivity index (χ1) is 10.3. The third-order valence-corrected chi connectivity index (χ3v) is 3.99. The van der Waals surface area contributed by atoms with E-state index in [1.165, 1.54) is 31.5 Å². The van der Waals surface area contributed by atoms with Gasteiger partial charge in [-0.1, -0.05) is 37.3 Å². The van der Waals surface area contributed by atoms with Crippen LogP contribution in [0.1, 0.15) is 25.3 Å². The van der Waals surface area contributed by atoms with E-state index in [4.69, 9.17) is 0 Å². The quantitative estimate of drug-likeness (QED) is 0.644. The number of piperidine rings is 1. The molecular weight excluding hydrogens is 260 g/mol. The minimum absolute atomic E-state index is 0.807. The summed E-state index contributed by atoms with van der Waals surface area (Å²) < 4.78 is 0. The van der Waals surface area contributed by atoms with Gasteiger partial charge in [0.05, 0.1) is 0 Å². The fourth-order valence-corrected chi connectivity index (χ4v) is 2.82. The molecule has 4 nitrogen and oxygen atoms in total. The number of rotatable bonds is 5. The number of aliphatic imine (C=N–C) groups is 1. The van der Waals surface area contributed by atoms with E-state index in [1.807, 2.05) is 13.1 Å². The standard InChI is InChI=1S/C17H28N4/c1-15-7-6-11-21(14-15)12-10-19-17(18-2)20-13-16-8-4-3-5-9-16/h3-5,8-9,15H,6-7,10-14H2,1-2H3,(H2,18,19,20). The molecule has 0 radical (unpaired) electrons. The maximum atomic E-state index is 4.28. The summed E-state index contributed by atoms with van der Waals surface area (Å²) in [6.07, 6.45) is 2.71. The van der Waals surface area contributed by atoms with Crippen LogP contribution in [0, 0.1) is 5.92 Å². The summed E-state index contributed by atoms with van der Waals surface area (Å²) in [5, 5.41) is 6.75. The number of nitrogens with one attached hydrogen (secondary N) is 2. The molecule has 0 aromatic heterocycles. The van der Waals surface area contributed by atoms with E-state index in [0.29, 0.717) is 0 Å². The topological polar surface area (TPSA) is 39.7 Å². The molecule has 0 spiro atoms. The van der Waals surface area contributed by atoms with E-state index in [1.54, 1.807) is 0 Å². The highest BCUT2D eigenvalue weighted by molar-refractivity contribution is 5.79. The number of hydrogen-bond donors (Lipinski definition) is 2. The van der Waals surface area contributed by atoms with E-state index < -0.39 is 0 Å². The fourth-order valence-electron chi connectivity index (χ4n) is 2.82. The van der Waals surface area contributed by atoms with E-state index >= 15 is 0 Å². The van der Waals surface area contributed by atoms with Gasteiger partial charge in [0.1, 0.15) is 0 Å². The molecule has 21 heavy (non-hydrogen) atoms. The molecule has 1 aromatic carbocycles. The molecule has 1 heterocycles. The lowest BCUT2D eigenvalue weighted by atomic mass is 10.0. The summed E-state index contributed by atoms with van der Waals surface area (Å²) in [6.45, 7) is 7.67. The van der Waals surface area contributed by atoms with Gasteiger partial charge in [0.2, 0.25) is 0 Å². The lowest BCUT2D eigenvalue weighted by molar-refractivity contribution is 0.187. The Kier molecular flexibility index (Phi) is 6.54. The molecule has 2 rings (SSSR count). The zero-order valence-electron chi connectivity index (χ0n) is 13.3. The summed E-state index contributed by atoms with van der Waals surface area (Å²) in [4.78, 5) is 6.82. The molecule has 1 aromatic rings. The summed E-state index contributed by atoms with van der Waals surface area (Å²) in [6, 6.07) is 10.4. The van der Waals surface area contributed by atoms with Crippen molar-refractivity contribution < 1.29 is 0 Å². The van der Waals surface area contributed by atoms with Gasteiger partial charge < -0.3 is 15.5 Å². The predicted molar refractivity (Wildman–Crippen MR) is 89.5 cm³/mol. The van der Waals surface area contributed by atoms with Crippen LogP contribution in [0.3, 0.4) is 0 Å². The molecule has 1 fully saturated rings. The molecule has 116 valence electrons. The lowest BCUT2D eigenvalue weighted by Crippen LogP contribution is -2.43. The van der Waals surface area contributed by atoms with Gasteiger partial charge in [-0.25, -0.2) is 0 Å². The maximum Gasteiger partial charge on any atom is 0.191 e. The van der Waals surface area contributed by atoms with Crippen LogP contribution >= 0.6 is 0 Å². The Morgan fingerprint density at radius 2 is 2.10 bits per heavy atom. The van der Waals surface area contributed by atoms with Gasteiger partial charge in [-0.3, -0.25) is 4.99 Å². The normalized spacial score (nSPS) is 20.3. The maximum absolute atomic E-state index is 4.28. The van der Waals surface area contributed by atoms with Gasteiger partial charge in [0.15, 0.2) is 5.96 Å². The Hall–Kier alpha value is -1.55. The Labute approximate surface area is 128 Å². The van der Waals surface area contributed by atoms with Crippen molar-refractivity contribution in [1.29, 1.82) is 0 Å². The Morgan fingerprint density at radius 1 is 1.29 bits per heavy atom. The highest BCUT2D eigenvalue weighted by Crippen LogP contribution is 2.14. The van der Waals surface area contributed by atoms with Gasteiger partial charge >= 0.3 is 0 Å². The molecule has 0 aliphatic carbocycles. The second-order valence-corrected chi connectivity index (χ2v) is 5.89. The minimum atomic E-state index is 0.807. The van der Waals surface area contributed by atoms with Crippen molar-refractivity contribution in [1.82, 2.24) is 15.5 Å². The minimum Gasteiger partial charge on any atom is -0.355 e. The van der Waals surface area contributed by atoms with E-state index in [2.05, 4.69) is 51.7 Å². The van der Waals surface area contributed by atoms with Crippen LogP contribution in [0.4, 0.5) is 0 Å². The van der Waals surface area contributed by atoms with Crippen molar-refractivity contribution in [3.05, 3.63) is 35.9 Å². The van der Waals surface area contributed by atoms with Gasteiger partial charge in [-0.05, 0) is 30.9 Å². The molecule has 4 heteroatoms. The molecule has 1 unspecified atom stereocenters. The number of nitrogens with zero attached hydrogens (tertiary/aromatic N) is 2. The molecule has 1 saturated heterocycles. The first-order valence-corrected chi connectivity index (χ1v) is 7.98. The van der Waals surface area contributed by atoms with Crippen LogP contribution in [-0.4, -0.2) is 44.1 Å². The smallest absolute Gasteiger partial charge is 0.191 e. The average molecular weight is 288 g/mol. The Bertz CT molecular complexity index is 430. The number of benzene rings is 1. The molecule has 0 bridgehead atoms. The molecule has 1 aliphatic rings. The van der Waals surface area contributed by atoms with Gasteiger partial charge in [0.25, 0.3) is 0 Å². The molecular formula is C17H28N4. The predicted octanol–water partition coefficient (Wildman–Crippen LogP) is 2.08. The van der Waals surface area contributed by atoms with E-state index in [9.17, 15) is 0 Å². The van der Waals surface area contributed by atoms with Crippen molar-refractivity contribution in [2.45, 2.75) is 26.3 Å². The third-order valence-electron chi connectivity index (χ3n) is 3.99. The average Bonchev–Trinajstić information content (AvgIpc) is 2.52. The van der Waals surface area contributed by atoms with Crippen molar-refractivity contribution in [3.63, 3.8) is 0 Å².